The average Bonchev–Trinajstić information content (AvgIpc) is 3.98. The number of hydrogen-bond donors (Lipinski definition) is 7. The van der Waals surface area contributed by atoms with E-state index in [0.717, 1.165) is 0 Å². The van der Waals surface area contributed by atoms with E-state index in [9.17, 15) is 29.1 Å². The number of ether oxygens (including phenoxy) is 6. The largest absolute Gasteiger partial charge is 0.473 e. The van der Waals surface area contributed by atoms with E-state index in [1.54, 1.807) is 76.2 Å². The summed E-state index contributed by atoms with van der Waals surface area (Å²) < 4.78 is 53.1. The molecule has 0 radical (unpaired) electrons. The second-order valence-corrected chi connectivity index (χ2v) is 17.2. The molecule has 22 nitrogen and oxygen atoms in total. The van der Waals surface area contributed by atoms with Gasteiger partial charge in [0.1, 0.15) is 59.3 Å². The molecule has 0 aliphatic carbocycles. The first kappa shape index (κ1) is 60.6. The van der Waals surface area contributed by atoms with Gasteiger partial charge < -0.3 is 63.8 Å². The quantitative estimate of drug-likeness (QED) is 0.0476. The maximum absolute atomic E-state index is 12.6. The minimum absolute atomic E-state index is 0.0920. The summed E-state index contributed by atoms with van der Waals surface area (Å²) in [5.74, 6) is -0.169. The third kappa shape index (κ3) is 30.0. The Morgan fingerprint density at radius 1 is 0.750 bits per heavy atom. The third-order valence-electron chi connectivity index (χ3n) is 8.52. The van der Waals surface area contributed by atoms with Gasteiger partial charge in [0.25, 0.3) is 23.6 Å². The Kier molecular flexibility index (Phi) is 29.5. The molecule has 23 heteroatoms. The van der Waals surface area contributed by atoms with E-state index in [-0.39, 0.29) is 48.3 Å². The highest BCUT2D eigenvalue weighted by molar-refractivity contribution is 7.15. The molecular formula is C45H81N8O14P. The van der Waals surface area contributed by atoms with Crippen LogP contribution in [0, 0.1) is 0 Å². The third-order valence-corrected chi connectivity index (χ3v) is 8.52. The van der Waals surface area contributed by atoms with Crippen LogP contribution in [0.4, 0.5) is 9.59 Å². The highest BCUT2D eigenvalue weighted by atomic mass is 31.0. The van der Waals surface area contributed by atoms with E-state index in [4.69, 9.17) is 31.2 Å². The van der Waals surface area contributed by atoms with Gasteiger partial charge in [-0.25, -0.2) is 9.59 Å². The van der Waals surface area contributed by atoms with Gasteiger partial charge in [0.2, 0.25) is 0 Å². The molecule has 2 aromatic rings. The average molecular weight is 991 g/mol. The summed E-state index contributed by atoms with van der Waals surface area (Å²) in [5, 5.41) is 34.2. The SMILES string of the molecule is C=C(NCCC[C@H](NC(=O)C(C)(C)OC)C(=O)COc1ccon1)NC(=O)OC(C)(C)C.C=C(NCCC[C@H](NC(=O)C(C)(C)OC)C(O)COc1ccon1)NC(=O)OC(C)(C)C.[2H]CC.[2H]CP. The zero-order valence-electron chi connectivity index (χ0n) is 44.3. The molecule has 0 spiro atoms. The highest BCUT2D eigenvalue weighted by Gasteiger charge is 2.33. The summed E-state index contributed by atoms with van der Waals surface area (Å²) in [7, 11) is 5.10. The molecule has 0 aromatic carbocycles. The number of rotatable bonds is 26. The Bertz CT molecular complexity index is 1810. The molecule has 0 aliphatic heterocycles. The number of nitrogens with one attached hydrogen (secondary N) is 6. The normalized spacial score (nSPS) is 12.8. The molecule has 7 N–H and O–H groups in total. The van der Waals surface area contributed by atoms with Crippen molar-refractivity contribution >= 4 is 39.0 Å². The van der Waals surface area contributed by atoms with Crippen LogP contribution in [0.25, 0.3) is 0 Å². The number of aromatic nitrogens is 2. The molecule has 2 unspecified atom stereocenters. The van der Waals surface area contributed by atoms with E-state index in [1.807, 2.05) is 0 Å². The van der Waals surface area contributed by atoms with Crippen LogP contribution in [0.3, 0.4) is 0 Å². The maximum Gasteiger partial charge on any atom is 0.413 e. The van der Waals surface area contributed by atoms with E-state index in [2.05, 4.69) is 73.7 Å². The van der Waals surface area contributed by atoms with Crippen molar-refractivity contribution < 1.29 is 69.3 Å². The minimum Gasteiger partial charge on any atom is -0.473 e. The van der Waals surface area contributed by atoms with Crippen LogP contribution in [0.15, 0.2) is 58.5 Å². The van der Waals surface area contributed by atoms with E-state index in [0.29, 0.717) is 52.3 Å². The molecule has 4 atom stereocenters. The van der Waals surface area contributed by atoms with Crippen LogP contribution in [0.1, 0.15) is 111 Å². The monoisotopic (exact) mass is 991 g/mol. The standard InChI is InChI=1S/C21H36N4O7.C21H34N4O7.C2H6.CH5P/c2*1-14(23-19(28)32-20(2,3)4)22-11-8-9-15(24-18(27)21(5,6)29-7)16(26)13-30-17-10-12-31-25-17;2*1-2/h10,12,15-16,22,26H,1,8-9,11,13H2,2-7H3,(H,23,28)(H,24,27);10,12,15,22H,1,8-9,11,13H2,2-7H3,(H,23,28)(H,24,27);1-2H3;2H2,1H3/t15-,16?;15-;;/m00../s1/i;;2*1D. The number of carbonyl (C=O) groups is 5. The van der Waals surface area contributed by atoms with Gasteiger partial charge in [-0.3, -0.25) is 25.0 Å². The maximum atomic E-state index is 12.6. The zero-order valence-corrected chi connectivity index (χ0v) is 43.4. The van der Waals surface area contributed by atoms with Crippen molar-refractivity contribution in [1.29, 1.82) is 0 Å². The molecule has 0 saturated carbocycles. The Hall–Kier alpha value is -5.44. The van der Waals surface area contributed by atoms with Crippen LogP contribution >= 0.6 is 9.24 Å². The molecular weight excluding hydrogens is 908 g/mol. The van der Waals surface area contributed by atoms with Gasteiger partial charge in [-0.2, -0.15) is 0 Å². The molecule has 390 valence electrons. The van der Waals surface area contributed by atoms with Crippen molar-refractivity contribution in [3.8, 4) is 11.8 Å². The second-order valence-electron chi connectivity index (χ2n) is 17.2. The van der Waals surface area contributed by atoms with Crippen LogP contribution in [0.2, 0.25) is 0 Å². The summed E-state index contributed by atoms with van der Waals surface area (Å²) in [5.41, 5.74) is -3.40. The zero-order chi connectivity index (χ0) is 54.1. The number of nitrogens with zero attached hydrogens (tertiary/aromatic N) is 2. The van der Waals surface area contributed by atoms with E-state index < -0.39 is 58.7 Å². The Morgan fingerprint density at radius 2 is 1.16 bits per heavy atom. The lowest BCUT2D eigenvalue weighted by Crippen LogP contribution is -2.53. The molecule has 2 rings (SSSR count). The van der Waals surface area contributed by atoms with Crippen LogP contribution in [-0.4, -0.2) is 133 Å². The van der Waals surface area contributed by atoms with Crippen molar-refractivity contribution in [3.05, 3.63) is 49.5 Å². The number of methoxy groups -OCH3 is 2. The molecule has 0 aliphatic rings. The molecule has 2 aromatic heterocycles. The smallest absolute Gasteiger partial charge is 0.413 e. The van der Waals surface area contributed by atoms with E-state index in [1.165, 1.54) is 38.9 Å². The number of Topliss-reactive ketones (excluding diaryl/α,β-unsaturated/α-hetero) is 1. The number of ketones is 1. The van der Waals surface area contributed by atoms with Gasteiger partial charge in [-0.15, -0.1) is 9.24 Å². The Morgan fingerprint density at radius 3 is 1.56 bits per heavy atom. The van der Waals surface area contributed by atoms with Crippen LogP contribution < -0.4 is 41.4 Å². The second kappa shape index (κ2) is 33.1. The summed E-state index contributed by atoms with van der Waals surface area (Å²) in [6, 6.07) is 1.57. The minimum atomic E-state index is -1.10. The lowest BCUT2D eigenvalue weighted by atomic mass is 10.0. The number of aliphatic hydroxyl groups is 1. The molecule has 0 fully saturated rings. The lowest BCUT2D eigenvalue weighted by Gasteiger charge is -2.29. The Balaban J connectivity index is 0. The van der Waals surface area contributed by atoms with Crippen molar-refractivity contribution in [2.75, 3.05) is 47.2 Å². The lowest BCUT2D eigenvalue weighted by molar-refractivity contribution is -0.142. The first-order valence-electron chi connectivity index (χ1n) is 23.1. The number of aliphatic hydroxyl groups excluding tert-OH is 1. The van der Waals surface area contributed by atoms with Gasteiger partial charge in [0.05, 0.1) is 12.1 Å². The van der Waals surface area contributed by atoms with Gasteiger partial charge >= 0.3 is 12.2 Å². The molecule has 4 amide bonds. The fourth-order valence-electron chi connectivity index (χ4n) is 4.67. The molecule has 0 saturated heterocycles. The summed E-state index contributed by atoms with van der Waals surface area (Å²) in [6.07, 6.45) is 2.21. The topological polar surface area (TPSA) is 285 Å². The van der Waals surface area contributed by atoms with Gasteiger partial charge in [0, 0.05) is 42.2 Å². The first-order valence-corrected chi connectivity index (χ1v) is 22.5. The van der Waals surface area contributed by atoms with Gasteiger partial charge in [0.15, 0.2) is 12.4 Å². The van der Waals surface area contributed by atoms with Crippen molar-refractivity contribution in [2.45, 2.75) is 149 Å². The predicted octanol–water partition coefficient (Wildman–Crippen LogP) is 5.11. The number of amides is 4. The molecule has 2 heterocycles. The number of hydrogen-bond acceptors (Lipinski definition) is 18. The van der Waals surface area contributed by atoms with Crippen molar-refractivity contribution in [2.24, 2.45) is 0 Å². The highest BCUT2D eigenvalue weighted by Crippen LogP contribution is 2.14. The Labute approximate surface area is 407 Å². The van der Waals surface area contributed by atoms with Crippen molar-refractivity contribution in [3.63, 3.8) is 0 Å². The summed E-state index contributed by atoms with van der Waals surface area (Å²) >= 11 is 0. The van der Waals surface area contributed by atoms with Crippen LogP contribution in [-0.2, 0) is 33.3 Å². The predicted molar refractivity (Wildman–Crippen MR) is 260 cm³/mol. The molecule has 68 heavy (non-hydrogen) atoms. The summed E-state index contributed by atoms with van der Waals surface area (Å²) in [6.45, 7) is 27.6. The first-order chi connectivity index (χ1) is 32.5. The summed E-state index contributed by atoms with van der Waals surface area (Å²) in [4.78, 5) is 61.1. The number of carbonyl (C=O) groups excluding carboxylic acids is 5. The van der Waals surface area contributed by atoms with Gasteiger partial charge in [-0.1, -0.05) is 33.6 Å². The van der Waals surface area contributed by atoms with Gasteiger partial charge in [-0.05, 0) is 105 Å². The van der Waals surface area contributed by atoms with Crippen LogP contribution in [0.5, 0.6) is 11.8 Å². The fourth-order valence-corrected chi connectivity index (χ4v) is 4.67. The molecule has 0 bridgehead atoms. The number of alkyl carbamates (subject to hydrolysis) is 2. The van der Waals surface area contributed by atoms with E-state index >= 15 is 0 Å². The fraction of sp³-hybridized carbons (Fsp3) is 0.667. The van der Waals surface area contributed by atoms with Crippen molar-refractivity contribution in [1.82, 2.24) is 42.2 Å².